The van der Waals surface area contributed by atoms with Crippen molar-refractivity contribution in [3.8, 4) is 5.75 Å². The number of rotatable bonds is 6. The molecule has 3 aromatic rings. The second-order valence-corrected chi connectivity index (χ2v) is 8.94. The summed E-state index contributed by atoms with van der Waals surface area (Å²) in [6, 6.07) is 24.8. The first kappa shape index (κ1) is 22.8. The summed E-state index contributed by atoms with van der Waals surface area (Å²) in [5, 5.41) is 6.34. The van der Waals surface area contributed by atoms with E-state index in [1.807, 2.05) is 83.8 Å². The molecule has 3 aromatic carbocycles. The zero-order valence-electron chi connectivity index (χ0n) is 19.6. The number of fused-ring (bicyclic) bond motifs is 1. The average molecular weight is 469 g/mol. The molecule has 2 N–H and O–H groups in total. The van der Waals surface area contributed by atoms with Gasteiger partial charge in [-0.2, -0.15) is 5.10 Å². The molecule has 2 amide bonds. The lowest BCUT2D eigenvalue weighted by molar-refractivity contribution is -0.136. The van der Waals surface area contributed by atoms with Crippen molar-refractivity contribution in [2.24, 2.45) is 10.8 Å². The number of primary amides is 1. The minimum atomic E-state index is -0.534. The zero-order chi connectivity index (χ0) is 24.4. The number of benzene rings is 3. The van der Waals surface area contributed by atoms with Crippen LogP contribution in [0.1, 0.15) is 34.7 Å². The standard InChI is InChI=1S/C28H28N4O3/c1-35-23-13-11-20(12-14-23)25-16-24(19-7-3-2-4-8-19)30-32(25)27(33)18-31-17-22-10-6-5-9-21(22)15-26(31)28(29)34/h2-14,25-26H,15-18H2,1H3,(H2,29,34)/t25-,26+/m1/s1. The van der Waals surface area contributed by atoms with Crippen molar-refractivity contribution in [1.29, 1.82) is 0 Å². The third-order valence-corrected chi connectivity index (χ3v) is 6.79. The van der Waals surface area contributed by atoms with E-state index in [0.717, 1.165) is 33.7 Å². The summed E-state index contributed by atoms with van der Waals surface area (Å²) in [6.45, 7) is 0.548. The van der Waals surface area contributed by atoms with Gasteiger partial charge in [-0.25, -0.2) is 5.01 Å². The fourth-order valence-corrected chi connectivity index (χ4v) is 4.90. The van der Waals surface area contributed by atoms with E-state index in [-0.39, 0.29) is 18.5 Å². The van der Waals surface area contributed by atoms with Crippen LogP contribution in [0.2, 0.25) is 0 Å². The van der Waals surface area contributed by atoms with E-state index in [1.54, 1.807) is 12.1 Å². The first-order valence-electron chi connectivity index (χ1n) is 11.7. The minimum Gasteiger partial charge on any atom is -0.497 e. The number of hydrogen-bond acceptors (Lipinski definition) is 5. The van der Waals surface area contributed by atoms with Crippen LogP contribution in [-0.4, -0.2) is 47.1 Å². The molecule has 0 aliphatic carbocycles. The fraction of sp³-hybridized carbons (Fsp3) is 0.250. The Bertz CT molecular complexity index is 1260. The number of ether oxygens (including phenoxy) is 1. The zero-order valence-corrected chi connectivity index (χ0v) is 19.6. The Morgan fingerprint density at radius 1 is 0.943 bits per heavy atom. The molecule has 2 heterocycles. The number of nitrogens with two attached hydrogens (primary N) is 1. The number of carbonyl (C=O) groups is 2. The highest BCUT2D eigenvalue weighted by atomic mass is 16.5. The second kappa shape index (κ2) is 9.72. The maximum Gasteiger partial charge on any atom is 0.257 e. The lowest BCUT2D eigenvalue weighted by atomic mass is 9.93. The number of carbonyl (C=O) groups excluding carboxylic acids is 2. The largest absolute Gasteiger partial charge is 0.497 e. The van der Waals surface area contributed by atoms with Crippen molar-refractivity contribution in [3.63, 3.8) is 0 Å². The molecular weight excluding hydrogens is 440 g/mol. The van der Waals surface area contributed by atoms with Crippen LogP contribution in [0.3, 0.4) is 0 Å². The number of nitrogens with zero attached hydrogens (tertiary/aromatic N) is 3. The maximum absolute atomic E-state index is 13.7. The van der Waals surface area contributed by atoms with Gasteiger partial charge in [-0.3, -0.25) is 14.5 Å². The van der Waals surface area contributed by atoms with Gasteiger partial charge in [0, 0.05) is 13.0 Å². The number of hydrazone groups is 1. The number of hydrogen-bond donors (Lipinski definition) is 1. The highest BCUT2D eigenvalue weighted by Crippen LogP contribution is 2.34. The molecule has 2 atom stereocenters. The average Bonchev–Trinajstić information content (AvgIpc) is 3.34. The van der Waals surface area contributed by atoms with Crippen LogP contribution in [-0.2, 0) is 22.6 Å². The normalized spacial score (nSPS) is 19.7. The number of amides is 2. The van der Waals surface area contributed by atoms with Gasteiger partial charge in [0.1, 0.15) is 5.75 Å². The summed E-state index contributed by atoms with van der Waals surface area (Å²) in [4.78, 5) is 27.8. The Hall–Kier alpha value is -3.97. The van der Waals surface area contributed by atoms with Gasteiger partial charge in [0.25, 0.3) is 5.91 Å². The molecule has 0 radical (unpaired) electrons. The summed E-state index contributed by atoms with van der Waals surface area (Å²) in [5.74, 6) is 0.168. The van der Waals surface area contributed by atoms with E-state index >= 15 is 0 Å². The van der Waals surface area contributed by atoms with Crippen LogP contribution in [0, 0.1) is 0 Å². The molecule has 5 rings (SSSR count). The molecule has 7 heteroatoms. The Balaban J connectivity index is 1.43. The fourth-order valence-electron chi connectivity index (χ4n) is 4.90. The maximum atomic E-state index is 13.7. The van der Waals surface area contributed by atoms with Crippen LogP contribution in [0.4, 0.5) is 0 Å². The van der Waals surface area contributed by atoms with Gasteiger partial charge in [0.15, 0.2) is 0 Å². The lowest BCUT2D eigenvalue weighted by Gasteiger charge is -2.35. The van der Waals surface area contributed by atoms with Crippen molar-refractivity contribution in [2.75, 3.05) is 13.7 Å². The highest BCUT2D eigenvalue weighted by molar-refractivity contribution is 6.03. The lowest BCUT2D eigenvalue weighted by Crippen LogP contribution is -2.51. The second-order valence-electron chi connectivity index (χ2n) is 8.94. The van der Waals surface area contributed by atoms with Crippen LogP contribution in [0.5, 0.6) is 5.75 Å². The van der Waals surface area contributed by atoms with Gasteiger partial charge in [-0.1, -0.05) is 66.7 Å². The van der Waals surface area contributed by atoms with Gasteiger partial charge >= 0.3 is 0 Å². The van der Waals surface area contributed by atoms with E-state index in [0.29, 0.717) is 19.4 Å². The van der Waals surface area contributed by atoms with Crippen molar-refractivity contribution in [2.45, 2.75) is 31.5 Å². The Labute approximate surface area is 204 Å². The molecule has 7 nitrogen and oxygen atoms in total. The molecule has 35 heavy (non-hydrogen) atoms. The van der Waals surface area contributed by atoms with Crippen molar-refractivity contribution >= 4 is 17.5 Å². The Kier molecular flexibility index (Phi) is 6.33. The smallest absolute Gasteiger partial charge is 0.257 e. The molecule has 2 aliphatic rings. The Morgan fingerprint density at radius 2 is 1.63 bits per heavy atom. The van der Waals surface area contributed by atoms with Gasteiger partial charge in [-0.05, 0) is 40.8 Å². The summed E-state index contributed by atoms with van der Waals surface area (Å²) in [5.41, 5.74) is 10.8. The van der Waals surface area contributed by atoms with Gasteiger partial charge < -0.3 is 10.5 Å². The molecule has 2 aliphatic heterocycles. The molecule has 0 bridgehead atoms. The number of methoxy groups -OCH3 is 1. The Morgan fingerprint density at radius 3 is 2.31 bits per heavy atom. The predicted octanol–water partition coefficient (Wildman–Crippen LogP) is 3.29. The molecule has 0 saturated carbocycles. The van der Waals surface area contributed by atoms with Gasteiger partial charge in [0.2, 0.25) is 5.91 Å². The SMILES string of the molecule is COc1ccc([C@H]2CC(c3ccccc3)=NN2C(=O)CN2Cc3ccccc3C[C@H]2C(N)=O)cc1. The van der Waals surface area contributed by atoms with Crippen LogP contribution < -0.4 is 10.5 Å². The molecule has 178 valence electrons. The van der Waals surface area contributed by atoms with Crippen molar-refractivity contribution < 1.29 is 14.3 Å². The molecule has 0 spiro atoms. The molecule has 0 saturated heterocycles. The van der Waals surface area contributed by atoms with Gasteiger partial charge in [0.05, 0.1) is 31.4 Å². The quantitative estimate of drug-likeness (QED) is 0.601. The van der Waals surface area contributed by atoms with E-state index in [9.17, 15) is 9.59 Å². The predicted molar refractivity (Wildman–Crippen MR) is 134 cm³/mol. The van der Waals surface area contributed by atoms with Gasteiger partial charge in [-0.15, -0.1) is 0 Å². The van der Waals surface area contributed by atoms with Crippen LogP contribution >= 0.6 is 0 Å². The molecular formula is C28H28N4O3. The van der Waals surface area contributed by atoms with Crippen LogP contribution in [0.25, 0.3) is 0 Å². The summed E-state index contributed by atoms with van der Waals surface area (Å²) in [7, 11) is 1.63. The van der Waals surface area contributed by atoms with E-state index in [2.05, 4.69) is 0 Å². The van der Waals surface area contributed by atoms with E-state index < -0.39 is 11.9 Å². The van der Waals surface area contributed by atoms with Crippen molar-refractivity contribution in [1.82, 2.24) is 9.91 Å². The van der Waals surface area contributed by atoms with E-state index in [1.165, 1.54) is 0 Å². The third kappa shape index (κ3) is 4.68. The summed E-state index contributed by atoms with van der Waals surface area (Å²) in [6.07, 6.45) is 1.10. The first-order valence-corrected chi connectivity index (χ1v) is 11.7. The van der Waals surface area contributed by atoms with Crippen molar-refractivity contribution in [3.05, 3.63) is 101 Å². The first-order chi connectivity index (χ1) is 17.0. The highest BCUT2D eigenvalue weighted by Gasteiger charge is 2.37. The minimum absolute atomic E-state index is 0.0557. The topological polar surface area (TPSA) is 88.2 Å². The third-order valence-electron chi connectivity index (χ3n) is 6.79. The molecule has 0 unspecified atom stereocenters. The monoisotopic (exact) mass is 468 g/mol. The van der Waals surface area contributed by atoms with E-state index in [4.69, 9.17) is 15.6 Å². The molecule has 0 fully saturated rings. The summed E-state index contributed by atoms with van der Waals surface area (Å²) < 4.78 is 5.30. The van der Waals surface area contributed by atoms with Crippen LogP contribution in [0.15, 0.2) is 84.0 Å². The molecule has 0 aromatic heterocycles. The summed E-state index contributed by atoms with van der Waals surface area (Å²) >= 11 is 0.